The van der Waals surface area contributed by atoms with Crippen LogP contribution in [0.3, 0.4) is 0 Å². The average Bonchev–Trinajstić information content (AvgIpc) is 2.53. The van der Waals surface area contributed by atoms with Crippen molar-refractivity contribution >= 4 is 17.5 Å². The van der Waals surface area contributed by atoms with Gasteiger partial charge in [-0.15, -0.1) is 0 Å². The predicted octanol–water partition coefficient (Wildman–Crippen LogP) is 2.27. The molecule has 1 aliphatic heterocycles. The third-order valence-corrected chi connectivity index (χ3v) is 3.85. The molecule has 0 N–H and O–H groups in total. The Kier molecular flexibility index (Phi) is 2.54. The monoisotopic (exact) mass is 182 g/mol. The molecule has 2 aliphatic rings. The lowest BCUT2D eigenvalue weighted by Gasteiger charge is -2.20. The highest BCUT2D eigenvalue weighted by molar-refractivity contribution is 8.00. The summed E-state index contributed by atoms with van der Waals surface area (Å²) >= 11 is 1.80. The lowest BCUT2D eigenvalue weighted by atomic mass is 9.84. The third-order valence-electron chi connectivity index (χ3n) is 2.76. The number of carbonyl (C=O) groups excluding carboxylic acids is 1. The van der Waals surface area contributed by atoms with E-state index in [9.17, 15) is 4.79 Å². The molecule has 0 amide bonds. The van der Waals surface area contributed by atoms with Crippen molar-refractivity contribution in [2.45, 2.75) is 19.3 Å². The first-order valence-corrected chi connectivity index (χ1v) is 5.80. The SMILES string of the molecule is O=C1CSCC1C1C=CCCC1. The molecule has 0 aromatic carbocycles. The zero-order valence-electron chi connectivity index (χ0n) is 7.16. The molecule has 0 spiro atoms. The fourth-order valence-corrected chi connectivity index (χ4v) is 3.24. The summed E-state index contributed by atoms with van der Waals surface area (Å²) in [5, 5.41) is 0. The Morgan fingerprint density at radius 1 is 1.50 bits per heavy atom. The first-order chi connectivity index (χ1) is 5.88. The van der Waals surface area contributed by atoms with Gasteiger partial charge in [-0.3, -0.25) is 4.79 Å². The van der Waals surface area contributed by atoms with Crippen LogP contribution in [0.4, 0.5) is 0 Å². The number of thioether (sulfide) groups is 1. The Bertz CT molecular complexity index is 210. The number of rotatable bonds is 1. The van der Waals surface area contributed by atoms with E-state index in [1.165, 1.54) is 19.3 Å². The van der Waals surface area contributed by atoms with E-state index in [2.05, 4.69) is 12.2 Å². The molecule has 12 heavy (non-hydrogen) atoms. The number of Topliss-reactive ketones (excluding diaryl/α,β-unsaturated/α-hetero) is 1. The van der Waals surface area contributed by atoms with Crippen LogP contribution >= 0.6 is 11.8 Å². The molecule has 1 aliphatic carbocycles. The van der Waals surface area contributed by atoms with Gasteiger partial charge < -0.3 is 0 Å². The lowest BCUT2D eigenvalue weighted by Crippen LogP contribution is -2.21. The summed E-state index contributed by atoms with van der Waals surface area (Å²) in [5.74, 6) is 3.23. The Morgan fingerprint density at radius 2 is 2.42 bits per heavy atom. The molecule has 0 aromatic heterocycles. The summed E-state index contributed by atoms with van der Waals surface area (Å²) in [7, 11) is 0. The smallest absolute Gasteiger partial charge is 0.147 e. The maximum absolute atomic E-state index is 11.4. The van der Waals surface area contributed by atoms with Gasteiger partial charge in [-0.1, -0.05) is 12.2 Å². The Labute approximate surface area is 77.6 Å². The maximum Gasteiger partial charge on any atom is 0.147 e. The van der Waals surface area contributed by atoms with Crippen LogP contribution < -0.4 is 0 Å². The third kappa shape index (κ3) is 1.58. The van der Waals surface area contributed by atoms with Crippen LogP contribution in [-0.2, 0) is 4.79 Å². The zero-order valence-corrected chi connectivity index (χ0v) is 7.98. The molecule has 1 heterocycles. The topological polar surface area (TPSA) is 17.1 Å². The highest BCUT2D eigenvalue weighted by Crippen LogP contribution is 2.32. The van der Waals surface area contributed by atoms with Crippen molar-refractivity contribution in [3.8, 4) is 0 Å². The molecular weight excluding hydrogens is 168 g/mol. The molecule has 0 aromatic rings. The first-order valence-electron chi connectivity index (χ1n) is 4.65. The van der Waals surface area contributed by atoms with Gasteiger partial charge in [0.1, 0.15) is 5.78 Å². The van der Waals surface area contributed by atoms with Gasteiger partial charge in [-0.05, 0) is 25.2 Å². The quantitative estimate of drug-likeness (QED) is 0.579. The van der Waals surface area contributed by atoms with E-state index < -0.39 is 0 Å². The van der Waals surface area contributed by atoms with E-state index in [1.807, 2.05) is 0 Å². The second kappa shape index (κ2) is 3.65. The molecule has 0 radical (unpaired) electrons. The van der Waals surface area contributed by atoms with Crippen LogP contribution in [0.2, 0.25) is 0 Å². The van der Waals surface area contributed by atoms with Gasteiger partial charge in [-0.25, -0.2) is 0 Å². The van der Waals surface area contributed by atoms with Crippen LogP contribution in [-0.4, -0.2) is 17.3 Å². The molecule has 1 nitrogen and oxygen atoms in total. The summed E-state index contributed by atoms with van der Waals surface area (Å²) in [5.41, 5.74) is 0. The van der Waals surface area contributed by atoms with Gasteiger partial charge >= 0.3 is 0 Å². The molecule has 2 heteroatoms. The van der Waals surface area contributed by atoms with Crippen molar-refractivity contribution < 1.29 is 4.79 Å². The minimum Gasteiger partial charge on any atom is -0.298 e. The van der Waals surface area contributed by atoms with Crippen LogP contribution in [0.25, 0.3) is 0 Å². The lowest BCUT2D eigenvalue weighted by molar-refractivity contribution is -0.120. The first kappa shape index (κ1) is 8.36. The Hall–Kier alpha value is -0.240. The molecule has 2 atom stereocenters. The molecule has 0 bridgehead atoms. The molecule has 0 saturated carbocycles. The minimum atomic E-state index is 0.353. The van der Waals surface area contributed by atoms with E-state index in [-0.39, 0.29) is 0 Å². The van der Waals surface area contributed by atoms with Gasteiger partial charge in [0.25, 0.3) is 0 Å². The second-order valence-corrected chi connectivity index (χ2v) is 4.64. The maximum atomic E-state index is 11.4. The summed E-state index contributed by atoms with van der Waals surface area (Å²) in [6, 6.07) is 0. The van der Waals surface area contributed by atoms with Gasteiger partial charge in [0.05, 0.1) is 5.75 Å². The molecule has 1 fully saturated rings. The van der Waals surface area contributed by atoms with E-state index in [0.717, 1.165) is 11.5 Å². The fourth-order valence-electron chi connectivity index (χ4n) is 2.02. The van der Waals surface area contributed by atoms with Crippen LogP contribution in [0, 0.1) is 11.8 Å². The van der Waals surface area contributed by atoms with Crippen molar-refractivity contribution in [1.29, 1.82) is 0 Å². The van der Waals surface area contributed by atoms with Gasteiger partial charge in [0.15, 0.2) is 0 Å². The van der Waals surface area contributed by atoms with Gasteiger partial charge in [-0.2, -0.15) is 11.8 Å². The summed E-state index contributed by atoms with van der Waals surface area (Å²) in [4.78, 5) is 11.4. The van der Waals surface area contributed by atoms with Gasteiger partial charge in [0, 0.05) is 11.7 Å². The number of allylic oxidation sites excluding steroid dienone is 2. The molecule has 2 unspecified atom stereocenters. The average molecular weight is 182 g/mol. The van der Waals surface area contributed by atoms with Crippen molar-refractivity contribution in [3.05, 3.63) is 12.2 Å². The Balaban J connectivity index is 2.02. The summed E-state index contributed by atoms with van der Waals surface area (Å²) < 4.78 is 0. The highest BCUT2D eigenvalue weighted by atomic mass is 32.2. The van der Waals surface area contributed by atoms with E-state index in [0.29, 0.717) is 17.6 Å². The number of hydrogen-bond acceptors (Lipinski definition) is 2. The van der Waals surface area contributed by atoms with Crippen LogP contribution in [0.1, 0.15) is 19.3 Å². The van der Waals surface area contributed by atoms with Crippen molar-refractivity contribution in [1.82, 2.24) is 0 Å². The van der Waals surface area contributed by atoms with Crippen molar-refractivity contribution in [2.24, 2.45) is 11.8 Å². The van der Waals surface area contributed by atoms with Gasteiger partial charge in [0.2, 0.25) is 0 Å². The largest absolute Gasteiger partial charge is 0.298 e. The Morgan fingerprint density at radius 3 is 3.00 bits per heavy atom. The normalized spacial score (nSPS) is 35.8. The molecule has 2 rings (SSSR count). The number of carbonyl (C=O) groups is 1. The summed E-state index contributed by atoms with van der Waals surface area (Å²) in [6.45, 7) is 0. The van der Waals surface area contributed by atoms with E-state index in [1.54, 1.807) is 11.8 Å². The van der Waals surface area contributed by atoms with E-state index in [4.69, 9.17) is 0 Å². The molecule has 1 saturated heterocycles. The summed E-state index contributed by atoms with van der Waals surface area (Å²) in [6.07, 6.45) is 8.22. The highest BCUT2D eigenvalue weighted by Gasteiger charge is 2.31. The second-order valence-electron chi connectivity index (χ2n) is 3.61. The molecule has 66 valence electrons. The standard InChI is InChI=1S/C10H14OS/c11-10-7-12-6-9(10)8-4-2-1-3-5-8/h2,4,8-9H,1,3,5-7H2. The van der Waals surface area contributed by atoms with Crippen LogP contribution in [0.5, 0.6) is 0 Å². The minimum absolute atomic E-state index is 0.353. The predicted molar refractivity (Wildman–Crippen MR) is 52.3 cm³/mol. The zero-order chi connectivity index (χ0) is 8.39. The number of hydrogen-bond donors (Lipinski definition) is 0. The van der Waals surface area contributed by atoms with Crippen molar-refractivity contribution in [2.75, 3.05) is 11.5 Å². The molecular formula is C10H14OS. The van der Waals surface area contributed by atoms with E-state index >= 15 is 0 Å². The fraction of sp³-hybridized carbons (Fsp3) is 0.700. The van der Waals surface area contributed by atoms with Crippen LogP contribution in [0.15, 0.2) is 12.2 Å². The van der Waals surface area contributed by atoms with Crippen molar-refractivity contribution in [3.63, 3.8) is 0 Å². The number of ketones is 1.